The second kappa shape index (κ2) is 4.19. The molecule has 0 bridgehead atoms. The summed E-state index contributed by atoms with van der Waals surface area (Å²) in [6, 6.07) is 3.98. The lowest BCUT2D eigenvalue weighted by Crippen LogP contribution is -2.33. The van der Waals surface area contributed by atoms with Crippen LogP contribution in [-0.4, -0.2) is 28.8 Å². The van der Waals surface area contributed by atoms with Crippen molar-refractivity contribution in [1.29, 1.82) is 0 Å². The van der Waals surface area contributed by atoms with Gasteiger partial charge in [-0.2, -0.15) is 0 Å². The molecule has 106 valence electrons. The van der Waals surface area contributed by atoms with Crippen LogP contribution in [0.4, 0.5) is 5.69 Å². The fraction of sp³-hybridized carbons (Fsp3) is 0.500. The quantitative estimate of drug-likeness (QED) is 0.622. The topological polar surface area (TPSA) is 63.5 Å². The summed E-state index contributed by atoms with van der Waals surface area (Å²) in [6.45, 7) is 5.86. The molecule has 1 saturated heterocycles. The van der Waals surface area contributed by atoms with Gasteiger partial charge in [-0.1, -0.05) is 25.4 Å². The van der Waals surface area contributed by atoms with Gasteiger partial charge in [-0.25, -0.2) is 0 Å². The first-order valence-electron chi connectivity index (χ1n) is 6.55. The number of amides is 1. The standard InChI is InChI=1S/C14H15ClN2O3/c1-14(2)10-6-16(7-11(10)14)13(18)9-5-8(17(19)20)3-4-12(9)15/h3-5,10-11H,6-7H2,1-2H3/t10-,11+. The van der Waals surface area contributed by atoms with Gasteiger partial charge in [-0.15, -0.1) is 0 Å². The van der Waals surface area contributed by atoms with Crippen LogP contribution in [0, 0.1) is 27.4 Å². The van der Waals surface area contributed by atoms with Gasteiger partial charge in [0.15, 0.2) is 0 Å². The Hall–Kier alpha value is -1.62. The van der Waals surface area contributed by atoms with Gasteiger partial charge in [-0.05, 0) is 23.3 Å². The van der Waals surface area contributed by atoms with Crippen molar-refractivity contribution in [2.75, 3.05) is 13.1 Å². The van der Waals surface area contributed by atoms with E-state index in [-0.39, 0.29) is 22.2 Å². The molecular weight excluding hydrogens is 280 g/mol. The molecule has 1 saturated carbocycles. The predicted octanol–water partition coefficient (Wildman–Crippen LogP) is 2.98. The van der Waals surface area contributed by atoms with Gasteiger partial charge in [0.25, 0.3) is 11.6 Å². The lowest BCUT2D eigenvalue weighted by atomic mass is 10.1. The van der Waals surface area contributed by atoms with E-state index >= 15 is 0 Å². The number of hydrogen-bond acceptors (Lipinski definition) is 3. The summed E-state index contributed by atoms with van der Waals surface area (Å²) in [4.78, 5) is 24.5. The van der Waals surface area contributed by atoms with E-state index < -0.39 is 4.92 Å². The van der Waals surface area contributed by atoms with E-state index in [2.05, 4.69) is 13.8 Å². The lowest BCUT2D eigenvalue weighted by Gasteiger charge is -2.22. The van der Waals surface area contributed by atoms with E-state index in [9.17, 15) is 14.9 Å². The summed E-state index contributed by atoms with van der Waals surface area (Å²) >= 11 is 6.01. The van der Waals surface area contributed by atoms with Crippen LogP contribution in [0.1, 0.15) is 24.2 Å². The van der Waals surface area contributed by atoms with Crippen molar-refractivity contribution in [3.63, 3.8) is 0 Å². The third kappa shape index (κ3) is 1.88. The first kappa shape index (κ1) is 13.4. The van der Waals surface area contributed by atoms with Crippen molar-refractivity contribution in [3.8, 4) is 0 Å². The zero-order chi connectivity index (χ0) is 14.7. The second-order valence-corrected chi connectivity index (χ2v) is 6.57. The van der Waals surface area contributed by atoms with Gasteiger partial charge in [0.2, 0.25) is 0 Å². The maximum Gasteiger partial charge on any atom is 0.270 e. The molecule has 20 heavy (non-hydrogen) atoms. The van der Waals surface area contributed by atoms with Gasteiger partial charge in [-0.3, -0.25) is 14.9 Å². The smallest absolute Gasteiger partial charge is 0.270 e. The van der Waals surface area contributed by atoms with Crippen LogP contribution in [0.3, 0.4) is 0 Å². The normalized spacial score (nSPS) is 26.2. The van der Waals surface area contributed by atoms with Crippen molar-refractivity contribution in [1.82, 2.24) is 4.90 Å². The Morgan fingerprint density at radius 2 is 2.00 bits per heavy atom. The minimum absolute atomic E-state index is 0.109. The molecule has 0 radical (unpaired) electrons. The Morgan fingerprint density at radius 3 is 2.55 bits per heavy atom. The minimum Gasteiger partial charge on any atom is -0.338 e. The number of nitrogens with zero attached hydrogens (tertiary/aromatic N) is 2. The van der Waals surface area contributed by atoms with E-state index in [0.717, 1.165) is 13.1 Å². The van der Waals surface area contributed by atoms with Crippen molar-refractivity contribution in [3.05, 3.63) is 38.9 Å². The van der Waals surface area contributed by atoms with E-state index in [4.69, 9.17) is 11.6 Å². The highest BCUT2D eigenvalue weighted by Gasteiger charge is 2.62. The molecule has 1 aromatic carbocycles. The van der Waals surface area contributed by atoms with Crippen LogP contribution >= 0.6 is 11.6 Å². The van der Waals surface area contributed by atoms with E-state index in [1.54, 1.807) is 4.90 Å². The molecule has 0 aromatic heterocycles. The minimum atomic E-state index is -0.516. The van der Waals surface area contributed by atoms with E-state index in [0.29, 0.717) is 17.3 Å². The van der Waals surface area contributed by atoms with Crippen molar-refractivity contribution in [2.24, 2.45) is 17.3 Å². The number of piperidine rings is 1. The molecule has 2 aliphatic rings. The van der Waals surface area contributed by atoms with E-state index in [1.807, 2.05) is 0 Å². The average Bonchev–Trinajstić information content (AvgIpc) is 2.80. The Labute approximate surface area is 121 Å². The third-order valence-electron chi connectivity index (χ3n) is 4.80. The van der Waals surface area contributed by atoms with E-state index in [1.165, 1.54) is 18.2 Å². The fourth-order valence-electron chi connectivity index (χ4n) is 3.26. The first-order chi connectivity index (χ1) is 9.32. The highest BCUT2D eigenvalue weighted by Crippen LogP contribution is 2.62. The van der Waals surface area contributed by atoms with Crippen LogP contribution in [0.2, 0.25) is 5.02 Å². The number of carbonyl (C=O) groups excluding carboxylic acids is 1. The number of benzene rings is 1. The van der Waals surface area contributed by atoms with Crippen LogP contribution < -0.4 is 0 Å². The molecule has 1 amide bonds. The summed E-state index contributed by atoms with van der Waals surface area (Å²) in [7, 11) is 0. The number of nitro groups is 1. The molecule has 2 fully saturated rings. The molecule has 1 aliphatic carbocycles. The number of rotatable bonds is 2. The molecular formula is C14H15ClN2O3. The van der Waals surface area contributed by atoms with Crippen molar-refractivity contribution in [2.45, 2.75) is 13.8 Å². The molecule has 1 heterocycles. The second-order valence-electron chi connectivity index (χ2n) is 6.17. The van der Waals surface area contributed by atoms with Gasteiger partial charge < -0.3 is 4.90 Å². The molecule has 6 heteroatoms. The summed E-state index contributed by atoms with van der Waals surface area (Å²) in [6.07, 6.45) is 0. The summed E-state index contributed by atoms with van der Waals surface area (Å²) < 4.78 is 0. The average molecular weight is 295 g/mol. The Balaban J connectivity index is 1.82. The van der Waals surface area contributed by atoms with Gasteiger partial charge in [0.1, 0.15) is 0 Å². The maximum atomic E-state index is 12.4. The van der Waals surface area contributed by atoms with Gasteiger partial charge in [0, 0.05) is 25.2 Å². The van der Waals surface area contributed by atoms with Crippen molar-refractivity contribution >= 4 is 23.2 Å². The molecule has 5 nitrogen and oxygen atoms in total. The monoisotopic (exact) mass is 294 g/mol. The summed E-state index contributed by atoms with van der Waals surface area (Å²) in [5.41, 5.74) is 0.436. The molecule has 0 N–H and O–H groups in total. The first-order valence-corrected chi connectivity index (χ1v) is 6.93. The van der Waals surface area contributed by atoms with Crippen LogP contribution in [0.5, 0.6) is 0 Å². The molecule has 3 rings (SSSR count). The van der Waals surface area contributed by atoms with Gasteiger partial charge in [0.05, 0.1) is 15.5 Å². The molecule has 1 aliphatic heterocycles. The number of likely N-dealkylation sites (tertiary alicyclic amines) is 1. The van der Waals surface area contributed by atoms with Crippen LogP contribution in [-0.2, 0) is 0 Å². The fourth-order valence-corrected chi connectivity index (χ4v) is 3.46. The number of hydrogen-bond donors (Lipinski definition) is 0. The molecule has 1 aromatic rings. The largest absolute Gasteiger partial charge is 0.338 e. The lowest BCUT2D eigenvalue weighted by molar-refractivity contribution is -0.384. The van der Waals surface area contributed by atoms with Crippen molar-refractivity contribution < 1.29 is 9.72 Å². The number of halogens is 1. The number of fused-ring (bicyclic) bond motifs is 1. The summed E-state index contributed by atoms with van der Waals surface area (Å²) in [5.74, 6) is 0.884. The SMILES string of the molecule is CC1(C)[C@@H]2CN(C(=O)c3cc([N+](=O)[O-])ccc3Cl)C[C@@H]21. The molecule has 0 unspecified atom stereocenters. The summed E-state index contributed by atoms with van der Waals surface area (Å²) in [5, 5.41) is 11.1. The number of nitro benzene ring substituents is 1. The Morgan fingerprint density at radius 1 is 1.40 bits per heavy atom. The molecule has 0 spiro atoms. The zero-order valence-corrected chi connectivity index (χ0v) is 12.1. The predicted molar refractivity (Wildman–Crippen MR) is 74.8 cm³/mol. The van der Waals surface area contributed by atoms with Gasteiger partial charge >= 0.3 is 0 Å². The highest BCUT2D eigenvalue weighted by molar-refractivity contribution is 6.33. The number of non-ortho nitro benzene ring substituents is 1. The maximum absolute atomic E-state index is 12.4. The number of carbonyl (C=O) groups is 1. The Bertz CT molecular complexity index is 600. The van der Waals surface area contributed by atoms with Crippen LogP contribution in [0.15, 0.2) is 18.2 Å². The van der Waals surface area contributed by atoms with Crippen LogP contribution in [0.25, 0.3) is 0 Å². The zero-order valence-electron chi connectivity index (χ0n) is 11.3. The third-order valence-corrected chi connectivity index (χ3v) is 5.13. The molecule has 2 atom stereocenters. The Kier molecular flexibility index (Phi) is 2.80. The highest BCUT2D eigenvalue weighted by atomic mass is 35.5.